The highest BCUT2D eigenvalue weighted by Crippen LogP contribution is 2.21. The van der Waals surface area contributed by atoms with Crippen LogP contribution in [0.3, 0.4) is 0 Å². The fraction of sp³-hybridized carbons (Fsp3) is 0.100. The van der Waals surface area contributed by atoms with Crippen LogP contribution in [0.2, 0.25) is 0 Å². The minimum Gasteiger partial charge on any atom is -0.325 e. The number of nitrogens with zero attached hydrogens (tertiary/aromatic N) is 1. The van der Waals surface area contributed by atoms with E-state index in [4.69, 9.17) is 5.73 Å². The van der Waals surface area contributed by atoms with Crippen molar-refractivity contribution in [2.45, 2.75) is 0 Å². The lowest BCUT2D eigenvalue weighted by molar-refractivity contribution is 0.638. The monoisotopic (exact) mass is 180 g/mol. The largest absolute Gasteiger partial charge is 0.325 e. The molecule has 0 amide bonds. The molecule has 0 bridgehead atoms. The van der Waals surface area contributed by atoms with Gasteiger partial charge in [0.05, 0.1) is 5.70 Å². The van der Waals surface area contributed by atoms with Gasteiger partial charge in [0.25, 0.3) is 0 Å². The topological polar surface area (TPSA) is 38.4 Å². The van der Waals surface area contributed by atoms with Crippen molar-refractivity contribution in [1.82, 2.24) is 0 Å². The van der Waals surface area contributed by atoms with Crippen molar-refractivity contribution < 1.29 is 4.39 Å². The molecule has 13 heavy (non-hydrogen) atoms. The molecule has 70 valence electrons. The fourth-order valence-electron chi connectivity index (χ4n) is 0.662. The van der Waals surface area contributed by atoms with E-state index in [2.05, 4.69) is 31.4 Å². The average Bonchev–Trinajstić information content (AvgIpc) is 2.17. The summed E-state index contributed by atoms with van der Waals surface area (Å²) in [6.45, 7) is 13.7. The third kappa shape index (κ3) is 2.80. The van der Waals surface area contributed by atoms with Crippen LogP contribution in [0.5, 0.6) is 0 Å². The van der Waals surface area contributed by atoms with Crippen LogP contribution in [-0.2, 0) is 0 Å². The molecule has 3 heteroatoms. The molecule has 0 heterocycles. The lowest BCUT2D eigenvalue weighted by atomic mass is 10.1. The Morgan fingerprint density at radius 1 is 1.46 bits per heavy atom. The van der Waals surface area contributed by atoms with Crippen molar-refractivity contribution in [1.29, 1.82) is 0 Å². The Labute approximate surface area is 77.7 Å². The summed E-state index contributed by atoms with van der Waals surface area (Å²) < 4.78 is 13.4. The summed E-state index contributed by atoms with van der Waals surface area (Å²) in [6, 6.07) is 0. The zero-order valence-electron chi connectivity index (χ0n) is 7.52. The number of rotatable bonds is 5. The molecule has 0 aliphatic carbocycles. The van der Waals surface area contributed by atoms with E-state index in [1.165, 1.54) is 6.08 Å². The first-order chi connectivity index (χ1) is 6.08. The number of hydrogen-bond donors (Lipinski definition) is 1. The summed E-state index contributed by atoms with van der Waals surface area (Å²) in [6.07, 6.45) is 1.42. The molecule has 0 aromatic rings. The zero-order chi connectivity index (χ0) is 10.4. The Kier molecular flexibility index (Phi) is 4.62. The Morgan fingerprint density at radius 2 is 2.00 bits per heavy atom. The summed E-state index contributed by atoms with van der Waals surface area (Å²) >= 11 is 0. The first-order valence-electron chi connectivity index (χ1n) is 3.64. The average molecular weight is 180 g/mol. The highest BCUT2D eigenvalue weighted by atomic mass is 19.1. The SMILES string of the molecule is C=CC(=C)C(=C)/C(F)=C(/CN)N=C. The van der Waals surface area contributed by atoms with Gasteiger partial charge >= 0.3 is 0 Å². The third-order valence-electron chi connectivity index (χ3n) is 1.54. The normalized spacial score (nSPS) is 11.5. The summed E-state index contributed by atoms with van der Waals surface area (Å²) in [4.78, 5) is 3.44. The molecule has 0 aromatic carbocycles. The van der Waals surface area contributed by atoms with Gasteiger partial charge in [-0.2, -0.15) is 0 Å². The molecule has 0 aliphatic heterocycles. The molecule has 0 atom stereocenters. The molecule has 2 nitrogen and oxygen atoms in total. The number of aliphatic imine (C=N–C) groups is 1. The highest BCUT2D eigenvalue weighted by Gasteiger charge is 2.08. The van der Waals surface area contributed by atoms with Gasteiger partial charge in [0.15, 0.2) is 5.83 Å². The zero-order valence-corrected chi connectivity index (χ0v) is 7.52. The third-order valence-corrected chi connectivity index (χ3v) is 1.54. The summed E-state index contributed by atoms with van der Waals surface area (Å²) in [7, 11) is 0. The molecule has 0 saturated carbocycles. The summed E-state index contributed by atoms with van der Waals surface area (Å²) in [5.74, 6) is -0.581. The lowest BCUT2D eigenvalue weighted by Crippen LogP contribution is -2.04. The molecule has 0 rings (SSSR count). The van der Waals surface area contributed by atoms with Gasteiger partial charge < -0.3 is 5.73 Å². The quantitative estimate of drug-likeness (QED) is 0.510. The van der Waals surface area contributed by atoms with Crippen LogP contribution < -0.4 is 5.73 Å². The predicted octanol–water partition coefficient (Wildman–Crippen LogP) is 2.13. The number of allylic oxidation sites excluding steroid dienone is 4. The van der Waals surface area contributed by atoms with Gasteiger partial charge in [-0.25, -0.2) is 4.39 Å². The van der Waals surface area contributed by atoms with Crippen molar-refractivity contribution in [3.05, 3.63) is 48.5 Å². The van der Waals surface area contributed by atoms with Gasteiger partial charge in [0.1, 0.15) is 0 Å². The number of halogens is 1. The van der Waals surface area contributed by atoms with Gasteiger partial charge in [-0.05, 0) is 12.3 Å². The maximum atomic E-state index is 13.4. The molecular weight excluding hydrogens is 167 g/mol. The van der Waals surface area contributed by atoms with Crippen LogP contribution in [-0.4, -0.2) is 13.3 Å². The maximum Gasteiger partial charge on any atom is 0.153 e. The molecule has 0 radical (unpaired) electrons. The number of hydrogen-bond acceptors (Lipinski definition) is 2. The highest BCUT2D eigenvalue weighted by molar-refractivity contribution is 5.48. The first kappa shape index (κ1) is 11.5. The molecule has 0 aromatic heterocycles. The van der Waals surface area contributed by atoms with E-state index >= 15 is 0 Å². The lowest BCUT2D eigenvalue weighted by Gasteiger charge is -2.04. The van der Waals surface area contributed by atoms with Crippen LogP contribution in [0.1, 0.15) is 0 Å². The molecule has 0 aliphatic rings. The van der Waals surface area contributed by atoms with Gasteiger partial charge in [0.2, 0.25) is 0 Å². The molecule has 0 fully saturated rings. The van der Waals surface area contributed by atoms with E-state index in [-0.39, 0.29) is 17.8 Å². The van der Waals surface area contributed by atoms with Crippen LogP contribution in [0.25, 0.3) is 0 Å². The predicted molar refractivity (Wildman–Crippen MR) is 55.2 cm³/mol. The van der Waals surface area contributed by atoms with Crippen LogP contribution in [0.4, 0.5) is 4.39 Å². The second-order valence-corrected chi connectivity index (χ2v) is 2.33. The molecular formula is C10H13FN2. The van der Waals surface area contributed by atoms with E-state index in [9.17, 15) is 4.39 Å². The van der Waals surface area contributed by atoms with E-state index < -0.39 is 5.83 Å². The van der Waals surface area contributed by atoms with Gasteiger partial charge in [-0.3, -0.25) is 4.99 Å². The van der Waals surface area contributed by atoms with Gasteiger partial charge in [-0.1, -0.05) is 25.8 Å². The van der Waals surface area contributed by atoms with Crippen molar-refractivity contribution in [2.75, 3.05) is 6.54 Å². The summed E-state index contributed by atoms with van der Waals surface area (Å²) in [5.41, 5.74) is 5.86. The molecule has 0 saturated heterocycles. The van der Waals surface area contributed by atoms with Crippen molar-refractivity contribution in [3.63, 3.8) is 0 Å². The minimum atomic E-state index is -0.581. The van der Waals surface area contributed by atoms with Gasteiger partial charge in [0, 0.05) is 12.1 Å². The van der Waals surface area contributed by atoms with E-state index in [0.29, 0.717) is 5.57 Å². The Bertz CT molecular complexity index is 287. The van der Waals surface area contributed by atoms with Crippen LogP contribution >= 0.6 is 0 Å². The summed E-state index contributed by atoms with van der Waals surface area (Å²) in [5, 5.41) is 0. The molecule has 2 N–H and O–H groups in total. The van der Waals surface area contributed by atoms with Crippen molar-refractivity contribution >= 4 is 6.72 Å². The minimum absolute atomic E-state index is 0.0151. The smallest absolute Gasteiger partial charge is 0.153 e. The second kappa shape index (κ2) is 5.22. The number of nitrogens with two attached hydrogens (primary N) is 1. The molecule has 0 unspecified atom stereocenters. The second-order valence-electron chi connectivity index (χ2n) is 2.33. The van der Waals surface area contributed by atoms with Crippen molar-refractivity contribution in [3.8, 4) is 0 Å². The Hall–Kier alpha value is -1.48. The van der Waals surface area contributed by atoms with E-state index in [1.807, 2.05) is 0 Å². The first-order valence-corrected chi connectivity index (χ1v) is 3.64. The van der Waals surface area contributed by atoms with Crippen LogP contribution in [0, 0.1) is 0 Å². The Balaban J connectivity index is 4.95. The Morgan fingerprint density at radius 3 is 2.31 bits per heavy atom. The van der Waals surface area contributed by atoms with Crippen LogP contribution in [0.15, 0.2) is 53.5 Å². The van der Waals surface area contributed by atoms with Gasteiger partial charge in [-0.15, -0.1) is 0 Å². The maximum absolute atomic E-state index is 13.4. The standard InChI is InChI=1S/C10H13FN2/c1-5-7(2)8(3)10(11)9(6-12)13-4/h5H,1-4,6,12H2/b10-9+. The van der Waals surface area contributed by atoms with Crippen molar-refractivity contribution in [2.24, 2.45) is 10.7 Å². The molecule has 0 spiro atoms. The fourth-order valence-corrected chi connectivity index (χ4v) is 0.662. The van der Waals surface area contributed by atoms with E-state index in [0.717, 1.165) is 0 Å². The van der Waals surface area contributed by atoms with E-state index in [1.54, 1.807) is 0 Å².